The van der Waals surface area contributed by atoms with Gasteiger partial charge in [0.15, 0.2) is 0 Å². The first-order valence-corrected chi connectivity index (χ1v) is 7.66. The summed E-state index contributed by atoms with van der Waals surface area (Å²) < 4.78 is 5.48. The molecule has 2 aromatic rings. The van der Waals surface area contributed by atoms with Gasteiger partial charge in [-0.25, -0.2) is 0 Å². The van der Waals surface area contributed by atoms with Gasteiger partial charge in [0.1, 0.15) is 5.75 Å². The number of hydrogen-bond donors (Lipinski definition) is 0. The summed E-state index contributed by atoms with van der Waals surface area (Å²) in [5, 5.41) is -0.213. The molecule has 0 fully saturated rings. The van der Waals surface area contributed by atoms with E-state index in [-0.39, 0.29) is 10.8 Å². The lowest BCUT2D eigenvalue weighted by atomic mass is 9.82. The molecule has 0 radical (unpaired) electrons. The van der Waals surface area contributed by atoms with E-state index in [4.69, 9.17) is 16.3 Å². The van der Waals surface area contributed by atoms with Crippen molar-refractivity contribution in [2.75, 3.05) is 7.11 Å². The van der Waals surface area contributed by atoms with Crippen LogP contribution in [-0.2, 0) is 5.41 Å². The van der Waals surface area contributed by atoms with Crippen molar-refractivity contribution in [2.45, 2.75) is 38.5 Å². The lowest BCUT2D eigenvalue weighted by Crippen LogP contribution is -2.15. The molecule has 2 rings (SSSR count). The molecule has 0 N–H and O–H groups in total. The molecule has 112 valence electrons. The Balaban J connectivity index is 2.56. The molecule has 0 bridgehead atoms. The first-order chi connectivity index (χ1) is 9.84. The Kier molecular flexibility index (Phi) is 4.63. The average Bonchev–Trinajstić information content (AvgIpc) is 2.45. The van der Waals surface area contributed by atoms with Gasteiger partial charge in [0.2, 0.25) is 0 Å². The monoisotopic (exact) mass is 302 g/mol. The summed E-state index contributed by atoms with van der Waals surface area (Å²) in [7, 11) is 1.69. The normalized spacial score (nSPS) is 13.0. The van der Waals surface area contributed by atoms with Crippen LogP contribution in [0.4, 0.5) is 0 Å². The summed E-state index contributed by atoms with van der Waals surface area (Å²) in [6.45, 7) is 8.71. The third-order valence-corrected chi connectivity index (χ3v) is 4.17. The van der Waals surface area contributed by atoms with Crippen molar-refractivity contribution in [2.24, 2.45) is 0 Å². The Morgan fingerprint density at radius 3 is 2.29 bits per heavy atom. The van der Waals surface area contributed by atoms with E-state index in [9.17, 15) is 0 Å². The largest absolute Gasteiger partial charge is 0.496 e. The van der Waals surface area contributed by atoms with E-state index in [2.05, 4.69) is 52.0 Å². The lowest BCUT2D eigenvalue weighted by molar-refractivity contribution is 0.410. The first kappa shape index (κ1) is 15.9. The standard InChI is InChI=1S/C19H23ClO/c1-13-10-11-17(21-5)15(12-13)18(20)14-8-6-7-9-16(14)19(2,3)4/h6-12,18H,1-5H3. The molecular formula is C19H23ClO. The van der Waals surface area contributed by atoms with Gasteiger partial charge in [-0.1, -0.05) is 62.7 Å². The van der Waals surface area contributed by atoms with Crippen molar-refractivity contribution in [3.05, 3.63) is 64.7 Å². The highest BCUT2D eigenvalue weighted by Crippen LogP contribution is 2.40. The number of hydrogen-bond acceptors (Lipinski definition) is 1. The molecule has 1 unspecified atom stereocenters. The molecule has 0 saturated heterocycles. The molecule has 0 spiro atoms. The summed E-state index contributed by atoms with van der Waals surface area (Å²) >= 11 is 6.82. The van der Waals surface area contributed by atoms with E-state index in [1.54, 1.807) is 7.11 Å². The zero-order valence-corrected chi connectivity index (χ0v) is 14.2. The highest BCUT2D eigenvalue weighted by atomic mass is 35.5. The molecule has 2 heteroatoms. The van der Waals surface area contributed by atoms with Crippen LogP contribution in [0.5, 0.6) is 5.75 Å². The van der Waals surface area contributed by atoms with Gasteiger partial charge in [-0.3, -0.25) is 0 Å². The van der Waals surface area contributed by atoms with E-state index >= 15 is 0 Å². The number of aryl methyl sites for hydroxylation is 1. The van der Waals surface area contributed by atoms with Crippen LogP contribution in [0.2, 0.25) is 0 Å². The van der Waals surface area contributed by atoms with Crippen molar-refractivity contribution in [3.8, 4) is 5.75 Å². The van der Waals surface area contributed by atoms with Crippen LogP contribution in [0.25, 0.3) is 0 Å². The zero-order valence-electron chi connectivity index (χ0n) is 13.4. The summed E-state index contributed by atoms with van der Waals surface area (Å²) in [5.74, 6) is 0.837. The van der Waals surface area contributed by atoms with E-state index in [1.165, 1.54) is 11.1 Å². The van der Waals surface area contributed by atoms with Gasteiger partial charge < -0.3 is 4.74 Å². The Bertz CT molecular complexity index is 626. The SMILES string of the molecule is COc1ccc(C)cc1C(Cl)c1ccccc1C(C)(C)C. The molecule has 21 heavy (non-hydrogen) atoms. The van der Waals surface area contributed by atoms with Crippen LogP contribution in [0.15, 0.2) is 42.5 Å². The van der Waals surface area contributed by atoms with Gasteiger partial charge in [-0.2, -0.15) is 0 Å². The molecule has 0 amide bonds. The highest BCUT2D eigenvalue weighted by Gasteiger charge is 2.24. The Hall–Kier alpha value is -1.47. The molecule has 2 aromatic carbocycles. The number of rotatable bonds is 3. The summed E-state index contributed by atoms with van der Waals surface area (Å²) in [5.41, 5.74) is 4.69. The topological polar surface area (TPSA) is 9.23 Å². The molecule has 0 saturated carbocycles. The van der Waals surface area contributed by atoms with Gasteiger partial charge >= 0.3 is 0 Å². The second kappa shape index (κ2) is 6.11. The number of methoxy groups -OCH3 is 1. The van der Waals surface area contributed by atoms with Crippen LogP contribution in [0, 0.1) is 6.92 Å². The van der Waals surface area contributed by atoms with Crippen molar-refractivity contribution >= 4 is 11.6 Å². The Morgan fingerprint density at radius 2 is 1.67 bits per heavy atom. The molecule has 0 heterocycles. The fourth-order valence-electron chi connectivity index (χ4n) is 2.62. The number of ether oxygens (including phenoxy) is 1. The van der Waals surface area contributed by atoms with E-state index in [1.807, 2.05) is 18.2 Å². The van der Waals surface area contributed by atoms with Gasteiger partial charge in [0.05, 0.1) is 12.5 Å². The fraction of sp³-hybridized carbons (Fsp3) is 0.368. The predicted octanol–water partition coefficient (Wildman–Crippen LogP) is 5.63. The molecule has 0 aliphatic carbocycles. The van der Waals surface area contributed by atoms with E-state index in [0.717, 1.165) is 16.9 Å². The van der Waals surface area contributed by atoms with Gasteiger partial charge in [-0.05, 0) is 29.5 Å². The second-order valence-corrected chi connectivity index (χ2v) is 6.88. The molecule has 1 nitrogen and oxygen atoms in total. The fourth-order valence-corrected chi connectivity index (χ4v) is 2.98. The quantitative estimate of drug-likeness (QED) is 0.668. The van der Waals surface area contributed by atoms with Crippen LogP contribution in [0.3, 0.4) is 0 Å². The van der Waals surface area contributed by atoms with Crippen molar-refractivity contribution in [3.63, 3.8) is 0 Å². The smallest absolute Gasteiger partial charge is 0.123 e. The first-order valence-electron chi connectivity index (χ1n) is 7.22. The Labute approximate surface area is 132 Å². The third kappa shape index (κ3) is 3.41. The zero-order chi connectivity index (χ0) is 15.6. The number of benzene rings is 2. The minimum absolute atomic E-state index is 0.0563. The summed E-state index contributed by atoms with van der Waals surface area (Å²) in [6.07, 6.45) is 0. The number of alkyl halides is 1. The predicted molar refractivity (Wildman–Crippen MR) is 90.6 cm³/mol. The maximum absolute atomic E-state index is 6.82. The molecular weight excluding hydrogens is 280 g/mol. The maximum Gasteiger partial charge on any atom is 0.123 e. The van der Waals surface area contributed by atoms with E-state index < -0.39 is 0 Å². The lowest BCUT2D eigenvalue weighted by Gasteiger charge is -2.26. The van der Waals surface area contributed by atoms with Gasteiger partial charge in [0.25, 0.3) is 0 Å². The number of halogens is 1. The molecule has 0 aromatic heterocycles. The minimum atomic E-state index is -0.213. The average molecular weight is 303 g/mol. The molecule has 0 aliphatic heterocycles. The summed E-state index contributed by atoms with van der Waals surface area (Å²) in [6, 6.07) is 14.5. The van der Waals surface area contributed by atoms with Crippen LogP contribution < -0.4 is 4.74 Å². The summed E-state index contributed by atoms with van der Waals surface area (Å²) in [4.78, 5) is 0. The highest BCUT2D eigenvalue weighted by molar-refractivity contribution is 6.23. The van der Waals surface area contributed by atoms with E-state index in [0.29, 0.717) is 0 Å². The Morgan fingerprint density at radius 1 is 1.00 bits per heavy atom. The minimum Gasteiger partial charge on any atom is -0.496 e. The van der Waals surface area contributed by atoms with Crippen molar-refractivity contribution in [1.82, 2.24) is 0 Å². The van der Waals surface area contributed by atoms with Crippen LogP contribution in [0.1, 0.15) is 48.4 Å². The second-order valence-electron chi connectivity index (χ2n) is 6.45. The van der Waals surface area contributed by atoms with Gasteiger partial charge in [0, 0.05) is 5.56 Å². The van der Waals surface area contributed by atoms with Crippen molar-refractivity contribution in [1.29, 1.82) is 0 Å². The van der Waals surface area contributed by atoms with Crippen molar-refractivity contribution < 1.29 is 4.74 Å². The molecule has 1 atom stereocenters. The molecule has 0 aliphatic rings. The maximum atomic E-state index is 6.82. The van der Waals surface area contributed by atoms with Gasteiger partial charge in [-0.15, -0.1) is 11.6 Å². The third-order valence-electron chi connectivity index (χ3n) is 3.70. The van der Waals surface area contributed by atoms with Crippen LogP contribution >= 0.6 is 11.6 Å². The van der Waals surface area contributed by atoms with Crippen LogP contribution in [-0.4, -0.2) is 7.11 Å².